The third-order valence-electron chi connectivity index (χ3n) is 10.8. The Hall–Kier alpha value is -3.56. The number of likely N-dealkylation sites (tertiary alicyclic amines) is 1. The van der Waals surface area contributed by atoms with Crippen molar-refractivity contribution in [3.8, 4) is 5.75 Å². The molecule has 7 atom stereocenters. The Morgan fingerprint density at radius 2 is 1.73 bits per heavy atom. The summed E-state index contributed by atoms with van der Waals surface area (Å²) < 4.78 is 4.25. The monoisotopic (exact) mass is 673 g/mol. The lowest BCUT2D eigenvalue weighted by molar-refractivity contribution is -0.143. The van der Waals surface area contributed by atoms with Crippen molar-refractivity contribution < 1.29 is 24.2 Å². The molecule has 48 heavy (non-hydrogen) atoms. The summed E-state index contributed by atoms with van der Waals surface area (Å²) in [5, 5.41) is 10.8. The highest BCUT2D eigenvalue weighted by molar-refractivity contribution is 8.02. The number of aliphatic hydroxyl groups is 1. The standard InChI is InChI=1S/C39H51N3O5S/c1-9-21-40(28-15-17-29(18-16-28)47-12-4)35(44)32-33-36(45)42(31(24-43)26(6)11-3)34(39(33)20-19-38(32,8)48-39)37(46)41(22-10-2)30-23-25(5)13-14-27(30)7/h9-10,13-18,23,26,31-34,43H,1-2,11-12,19-22,24H2,3-8H3/t26-,31-,32-,33-,34?,38+,39?/m0/s1. The van der Waals surface area contributed by atoms with Crippen LogP contribution in [0, 0.1) is 31.6 Å². The predicted molar refractivity (Wildman–Crippen MR) is 195 cm³/mol. The summed E-state index contributed by atoms with van der Waals surface area (Å²) in [6, 6.07) is 12.0. The lowest BCUT2D eigenvalue weighted by atomic mass is 9.66. The molecule has 258 valence electrons. The third-order valence-corrected chi connectivity index (χ3v) is 12.8. The zero-order chi connectivity index (χ0) is 35.0. The van der Waals surface area contributed by atoms with Crippen LogP contribution in [-0.4, -0.2) is 75.6 Å². The number of carbonyl (C=O) groups is 3. The summed E-state index contributed by atoms with van der Waals surface area (Å²) in [4.78, 5) is 50.3. The summed E-state index contributed by atoms with van der Waals surface area (Å²) in [6.07, 6.45) is 5.45. The number of carbonyl (C=O) groups excluding carboxylic acids is 3. The van der Waals surface area contributed by atoms with E-state index in [-0.39, 0.29) is 43.3 Å². The summed E-state index contributed by atoms with van der Waals surface area (Å²) in [6.45, 7) is 20.7. The third kappa shape index (κ3) is 5.87. The van der Waals surface area contributed by atoms with Crippen molar-refractivity contribution in [1.29, 1.82) is 0 Å². The van der Waals surface area contributed by atoms with Crippen molar-refractivity contribution in [2.75, 3.05) is 36.1 Å². The van der Waals surface area contributed by atoms with Crippen LogP contribution in [0.2, 0.25) is 0 Å². The molecule has 5 rings (SSSR count). The summed E-state index contributed by atoms with van der Waals surface area (Å²) in [5.74, 6) is -1.30. The number of aryl methyl sites for hydroxylation is 2. The Kier molecular flexibility index (Phi) is 10.5. The molecule has 1 N–H and O–H groups in total. The van der Waals surface area contributed by atoms with Gasteiger partial charge in [-0.1, -0.05) is 44.6 Å². The van der Waals surface area contributed by atoms with Crippen molar-refractivity contribution in [1.82, 2.24) is 4.90 Å². The Bertz CT molecular complexity index is 1560. The first-order valence-corrected chi connectivity index (χ1v) is 18.0. The summed E-state index contributed by atoms with van der Waals surface area (Å²) >= 11 is 1.65. The normalized spacial score (nSPS) is 26.9. The number of nitrogens with zero attached hydrogens (tertiary/aromatic N) is 3. The summed E-state index contributed by atoms with van der Waals surface area (Å²) in [5.41, 5.74) is 3.44. The lowest BCUT2D eigenvalue weighted by Crippen LogP contribution is -2.59. The fourth-order valence-electron chi connectivity index (χ4n) is 8.29. The first kappa shape index (κ1) is 35.7. The Balaban J connectivity index is 1.64. The van der Waals surface area contributed by atoms with Crippen LogP contribution in [0.5, 0.6) is 5.75 Å². The van der Waals surface area contributed by atoms with E-state index in [0.29, 0.717) is 30.9 Å². The van der Waals surface area contributed by atoms with Crippen molar-refractivity contribution in [3.05, 3.63) is 78.9 Å². The molecule has 2 aromatic carbocycles. The highest BCUT2D eigenvalue weighted by Crippen LogP contribution is 2.72. The van der Waals surface area contributed by atoms with Crippen LogP contribution in [0.15, 0.2) is 67.8 Å². The van der Waals surface area contributed by atoms with Crippen molar-refractivity contribution in [2.24, 2.45) is 17.8 Å². The first-order valence-electron chi connectivity index (χ1n) is 17.2. The van der Waals surface area contributed by atoms with E-state index in [9.17, 15) is 9.90 Å². The Morgan fingerprint density at radius 1 is 1.06 bits per heavy atom. The maximum atomic E-state index is 15.2. The summed E-state index contributed by atoms with van der Waals surface area (Å²) in [7, 11) is 0. The molecular formula is C39H51N3O5S. The minimum atomic E-state index is -0.857. The van der Waals surface area contributed by atoms with Crippen LogP contribution in [0.25, 0.3) is 0 Å². The molecule has 3 heterocycles. The first-order chi connectivity index (χ1) is 22.9. The maximum absolute atomic E-state index is 15.2. The molecule has 8 nitrogen and oxygen atoms in total. The second-order valence-electron chi connectivity index (χ2n) is 13.8. The number of amides is 3. The van der Waals surface area contributed by atoms with Crippen LogP contribution in [0.3, 0.4) is 0 Å². The molecule has 3 aliphatic rings. The van der Waals surface area contributed by atoms with E-state index in [1.807, 2.05) is 77.1 Å². The Labute approximate surface area is 290 Å². The van der Waals surface area contributed by atoms with Crippen LogP contribution >= 0.6 is 11.8 Å². The molecule has 9 heteroatoms. The van der Waals surface area contributed by atoms with Crippen LogP contribution < -0.4 is 14.5 Å². The van der Waals surface area contributed by atoms with E-state index in [4.69, 9.17) is 4.74 Å². The zero-order valence-electron chi connectivity index (χ0n) is 29.3. The number of rotatable bonds is 14. The predicted octanol–water partition coefficient (Wildman–Crippen LogP) is 6.33. The number of benzene rings is 2. The quantitative estimate of drug-likeness (QED) is 0.236. The molecular weight excluding hydrogens is 623 g/mol. The van der Waals surface area contributed by atoms with Gasteiger partial charge in [0.1, 0.15) is 11.8 Å². The van der Waals surface area contributed by atoms with Gasteiger partial charge in [-0.25, -0.2) is 0 Å². The molecule has 0 aromatic heterocycles. The highest BCUT2D eigenvalue weighted by Gasteiger charge is 2.78. The number of ether oxygens (including phenoxy) is 1. The molecule has 1 spiro atoms. The molecule has 3 aliphatic heterocycles. The number of fused-ring (bicyclic) bond motifs is 1. The van der Waals surface area contributed by atoms with E-state index < -0.39 is 33.4 Å². The number of anilines is 2. The Morgan fingerprint density at radius 3 is 2.33 bits per heavy atom. The van der Waals surface area contributed by atoms with E-state index in [0.717, 1.165) is 23.2 Å². The number of aliphatic hydroxyl groups excluding tert-OH is 1. The number of hydrogen-bond donors (Lipinski definition) is 1. The lowest BCUT2D eigenvalue weighted by Gasteiger charge is -2.41. The van der Waals surface area contributed by atoms with Gasteiger partial charge in [0.2, 0.25) is 11.8 Å². The number of hydrogen-bond acceptors (Lipinski definition) is 6. The van der Waals surface area contributed by atoms with Crippen molar-refractivity contribution in [2.45, 2.75) is 82.4 Å². The molecule has 2 bridgehead atoms. The molecule has 3 saturated heterocycles. The maximum Gasteiger partial charge on any atom is 0.251 e. The molecule has 3 amide bonds. The van der Waals surface area contributed by atoms with Gasteiger partial charge in [-0.05, 0) is 87.9 Å². The van der Waals surface area contributed by atoms with Gasteiger partial charge in [0.25, 0.3) is 5.91 Å². The molecule has 0 saturated carbocycles. The second kappa shape index (κ2) is 14.1. The number of thioether (sulfide) groups is 1. The molecule has 3 fully saturated rings. The highest BCUT2D eigenvalue weighted by atomic mass is 32.2. The van der Waals surface area contributed by atoms with Gasteiger partial charge < -0.3 is 24.5 Å². The minimum absolute atomic E-state index is 0.0638. The fourth-order valence-corrected chi connectivity index (χ4v) is 10.6. The molecule has 2 unspecified atom stereocenters. The smallest absolute Gasteiger partial charge is 0.251 e. The van der Waals surface area contributed by atoms with E-state index in [1.165, 1.54) is 0 Å². The SMILES string of the molecule is C=CCN(C(=O)[C@@H]1[C@H]2C(=O)N([C@@H](CO)[C@@H](C)CC)C(C(=O)N(CC=C)c3cc(C)ccc3C)C23CC[C@@]1(C)S3)c1ccc(OCC)cc1. The van der Waals surface area contributed by atoms with Gasteiger partial charge in [0.15, 0.2) is 0 Å². The van der Waals surface area contributed by atoms with Crippen molar-refractivity contribution >= 4 is 40.9 Å². The van der Waals surface area contributed by atoms with Gasteiger partial charge in [-0.3, -0.25) is 14.4 Å². The zero-order valence-corrected chi connectivity index (χ0v) is 30.1. The average molecular weight is 674 g/mol. The van der Waals surface area contributed by atoms with Crippen molar-refractivity contribution in [3.63, 3.8) is 0 Å². The minimum Gasteiger partial charge on any atom is -0.494 e. The van der Waals surface area contributed by atoms with Gasteiger partial charge >= 0.3 is 0 Å². The molecule has 2 aromatic rings. The van der Waals surface area contributed by atoms with Gasteiger partial charge in [-0.2, -0.15) is 0 Å². The van der Waals surface area contributed by atoms with Gasteiger partial charge in [0, 0.05) is 29.2 Å². The second-order valence-corrected chi connectivity index (χ2v) is 15.7. The molecule has 0 radical (unpaired) electrons. The topological polar surface area (TPSA) is 90.4 Å². The van der Waals surface area contributed by atoms with E-state index in [1.54, 1.807) is 38.6 Å². The molecule has 0 aliphatic carbocycles. The van der Waals surface area contributed by atoms with E-state index >= 15 is 9.59 Å². The fraction of sp³-hybridized carbons (Fsp3) is 0.513. The largest absolute Gasteiger partial charge is 0.494 e. The van der Waals surface area contributed by atoms with E-state index in [2.05, 4.69) is 20.1 Å². The van der Waals surface area contributed by atoms with Crippen LogP contribution in [0.4, 0.5) is 11.4 Å². The van der Waals surface area contributed by atoms with Gasteiger partial charge in [-0.15, -0.1) is 24.9 Å². The van der Waals surface area contributed by atoms with Gasteiger partial charge in [0.05, 0.1) is 35.8 Å². The van der Waals surface area contributed by atoms with Crippen LogP contribution in [-0.2, 0) is 14.4 Å². The average Bonchev–Trinajstić information content (AvgIpc) is 3.64. The van der Waals surface area contributed by atoms with Crippen LogP contribution in [0.1, 0.15) is 58.1 Å².